The quantitative estimate of drug-likeness (QED) is 0.706. The number of benzene rings is 2. The average molecular weight is 402 g/mol. The summed E-state index contributed by atoms with van der Waals surface area (Å²) in [7, 11) is 0. The number of aromatic nitrogens is 2. The molecule has 5 nitrogen and oxygen atoms in total. The first-order valence-corrected chi connectivity index (χ1v) is 9.34. The van der Waals surface area contributed by atoms with Crippen molar-refractivity contribution in [2.75, 3.05) is 13.2 Å². The summed E-state index contributed by atoms with van der Waals surface area (Å²) in [5.74, 6) is 0.564. The van der Waals surface area contributed by atoms with E-state index in [9.17, 15) is 4.79 Å². The van der Waals surface area contributed by atoms with Gasteiger partial charge in [-0.1, -0.05) is 35.3 Å². The lowest BCUT2D eigenvalue weighted by Gasteiger charge is -2.27. The Morgan fingerprint density at radius 2 is 1.74 bits per heavy atom. The van der Waals surface area contributed by atoms with Crippen LogP contribution in [-0.4, -0.2) is 34.2 Å². The maximum Gasteiger partial charge on any atom is 0.260 e. The largest absolute Gasteiger partial charge is 0.484 e. The Morgan fingerprint density at radius 3 is 2.44 bits per heavy atom. The first kappa shape index (κ1) is 17.9. The van der Waals surface area contributed by atoms with Gasteiger partial charge in [0.15, 0.2) is 6.61 Å². The fourth-order valence-electron chi connectivity index (χ4n) is 3.12. The summed E-state index contributed by atoms with van der Waals surface area (Å²) < 4.78 is 5.59. The van der Waals surface area contributed by atoms with Crippen molar-refractivity contribution in [3.05, 3.63) is 69.8 Å². The highest BCUT2D eigenvalue weighted by Crippen LogP contribution is 2.29. The van der Waals surface area contributed by atoms with Gasteiger partial charge in [-0.15, -0.1) is 0 Å². The standard InChI is InChI=1S/C20H17Cl2N3O2/c21-14-3-1-13(2-4-14)20-17-11-25(10-9-18(17)23-24-20)19(26)12-27-16-7-5-15(22)6-8-16/h1-8H,9-12H2,(H,23,24). The Morgan fingerprint density at radius 1 is 1.07 bits per heavy atom. The minimum atomic E-state index is -0.0566. The SMILES string of the molecule is O=C(COc1ccc(Cl)cc1)N1CCc2[nH]nc(-c3ccc(Cl)cc3)c2C1. The fraction of sp³-hybridized carbons (Fsp3) is 0.200. The molecule has 2 heterocycles. The minimum absolute atomic E-state index is 0.00883. The Kier molecular flexibility index (Phi) is 5.05. The molecule has 0 atom stereocenters. The molecular weight excluding hydrogens is 385 g/mol. The lowest BCUT2D eigenvalue weighted by atomic mass is 10.0. The molecule has 1 aromatic heterocycles. The number of amides is 1. The molecule has 4 rings (SSSR count). The van der Waals surface area contributed by atoms with E-state index in [-0.39, 0.29) is 12.5 Å². The normalized spacial score (nSPS) is 13.3. The summed E-state index contributed by atoms with van der Waals surface area (Å²) in [4.78, 5) is 14.4. The molecule has 0 bridgehead atoms. The Labute approximate surface area is 166 Å². The summed E-state index contributed by atoms with van der Waals surface area (Å²) in [5.41, 5.74) is 3.95. The summed E-state index contributed by atoms with van der Waals surface area (Å²) in [6.45, 7) is 1.13. The highest BCUT2D eigenvalue weighted by atomic mass is 35.5. The van der Waals surface area contributed by atoms with Gasteiger partial charge in [0.05, 0.1) is 5.69 Å². The van der Waals surface area contributed by atoms with Gasteiger partial charge in [-0.25, -0.2) is 0 Å². The predicted octanol–water partition coefficient (Wildman–Crippen LogP) is 4.35. The number of fused-ring (bicyclic) bond motifs is 1. The van der Waals surface area contributed by atoms with Gasteiger partial charge in [-0.05, 0) is 36.4 Å². The average Bonchev–Trinajstić information content (AvgIpc) is 3.11. The van der Waals surface area contributed by atoms with E-state index in [0.29, 0.717) is 28.9 Å². The lowest BCUT2D eigenvalue weighted by Crippen LogP contribution is -2.38. The van der Waals surface area contributed by atoms with Gasteiger partial charge in [0.25, 0.3) is 5.91 Å². The zero-order valence-corrected chi connectivity index (χ0v) is 15.9. The van der Waals surface area contributed by atoms with Gasteiger partial charge < -0.3 is 9.64 Å². The first-order valence-electron chi connectivity index (χ1n) is 8.58. The number of hydrogen-bond donors (Lipinski definition) is 1. The van der Waals surface area contributed by atoms with Crippen molar-refractivity contribution in [3.63, 3.8) is 0 Å². The molecule has 1 amide bonds. The molecule has 1 aliphatic heterocycles. The van der Waals surface area contributed by atoms with Crippen LogP contribution in [0.3, 0.4) is 0 Å². The van der Waals surface area contributed by atoms with Crippen LogP contribution < -0.4 is 4.74 Å². The van der Waals surface area contributed by atoms with Crippen LogP contribution in [-0.2, 0) is 17.8 Å². The van der Waals surface area contributed by atoms with E-state index in [1.54, 1.807) is 29.2 Å². The molecule has 138 valence electrons. The minimum Gasteiger partial charge on any atom is -0.484 e. The molecule has 0 saturated carbocycles. The second-order valence-electron chi connectivity index (χ2n) is 6.34. The summed E-state index contributed by atoms with van der Waals surface area (Å²) in [5, 5.41) is 8.85. The van der Waals surface area contributed by atoms with Crippen LogP contribution >= 0.6 is 23.2 Å². The zero-order chi connectivity index (χ0) is 18.8. The van der Waals surface area contributed by atoms with E-state index < -0.39 is 0 Å². The van der Waals surface area contributed by atoms with Crippen molar-refractivity contribution in [1.82, 2.24) is 15.1 Å². The Hall–Kier alpha value is -2.50. The number of ether oxygens (including phenoxy) is 1. The lowest BCUT2D eigenvalue weighted by molar-refractivity contribution is -0.134. The number of nitrogens with zero attached hydrogens (tertiary/aromatic N) is 2. The van der Waals surface area contributed by atoms with Crippen molar-refractivity contribution in [3.8, 4) is 17.0 Å². The molecule has 0 fully saturated rings. The second kappa shape index (κ2) is 7.62. The third-order valence-electron chi connectivity index (χ3n) is 4.58. The zero-order valence-electron chi connectivity index (χ0n) is 14.4. The number of halogens is 2. The molecule has 1 N–H and O–H groups in total. The number of H-pyrrole nitrogens is 1. The van der Waals surface area contributed by atoms with Gasteiger partial charge in [0, 0.05) is 46.4 Å². The van der Waals surface area contributed by atoms with Crippen LogP contribution in [0.25, 0.3) is 11.3 Å². The molecule has 7 heteroatoms. The topological polar surface area (TPSA) is 58.2 Å². The van der Waals surface area contributed by atoms with Crippen molar-refractivity contribution < 1.29 is 9.53 Å². The van der Waals surface area contributed by atoms with Gasteiger partial charge in [-0.3, -0.25) is 9.89 Å². The fourth-order valence-corrected chi connectivity index (χ4v) is 3.37. The first-order chi connectivity index (χ1) is 13.1. The van der Waals surface area contributed by atoms with Crippen molar-refractivity contribution >= 4 is 29.1 Å². The molecule has 0 aliphatic carbocycles. The number of hydrogen-bond acceptors (Lipinski definition) is 3. The van der Waals surface area contributed by atoms with Crippen molar-refractivity contribution in [2.45, 2.75) is 13.0 Å². The Balaban J connectivity index is 1.45. The highest BCUT2D eigenvalue weighted by molar-refractivity contribution is 6.30. The van der Waals surface area contributed by atoms with E-state index in [1.165, 1.54) is 0 Å². The number of aromatic amines is 1. The van der Waals surface area contributed by atoms with E-state index in [4.69, 9.17) is 27.9 Å². The van der Waals surface area contributed by atoms with Crippen LogP contribution in [0.5, 0.6) is 5.75 Å². The van der Waals surface area contributed by atoms with Gasteiger partial charge in [-0.2, -0.15) is 5.10 Å². The molecule has 2 aromatic carbocycles. The van der Waals surface area contributed by atoms with Crippen molar-refractivity contribution in [2.24, 2.45) is 0 Å². The summed E-state index contributed by atoms with van der Waals surface area (Å²) in [6, 6.07) is 14.5. The predicted molar refractivity (Wildman–Crippen MR) is 105 cm³/mol. The van der Waals surface area contributed by atoms with Gasteiger partial charge >= 0.3 is 0 Å². The van der Waals surface area contributed by atoms with Crippen LogP contribution in [0.2, 0.25) is 10.0 Å². The monoisotopic (exact) mass is 401 g/mol. The molecule has 27 heavy (non-hydrogen) atoms. The second-order valence-corrected chi connectivity index (χ2v) is 7.22. The van der Waals surface area contributed by atoms with E-state index >= 15 is 0 Å². The third-order valence-corrected chi connectivity index (χ3v) is 5.08. The number of nitrogens with one attached hydrogen (secondary N) is 1. The van der Waals surface area contributed by atoms with Gasteiger partial charge in [0.2, 0.25) is 0 Å². The number of carbonyl (C=O) groups is 1. The van der Waals surface area contributed by atoms with Gasteiger partial charge in [0.1, 0.15) is 5.75 Å². The molecular formula is C20H17Cl2N3O2. The molecule has 3 aromatic rings. The maximum atomic E-state index is 12.6. The van der Waals surface area contributed by atoms with E-state index in [2.05, 4.69) is 10.2 Å². The molecule has 0 saturated heterocycles. The van der Waals surface area contributed by atoms with Crippen molar-refractivity contribution in [1.29, 1.82) is 0 Å². The molecule has 1 aliphatic rings. The summed E-state index contributed by atoms with van der Waals surface area (Å²) >= 11 is 11.8. The van der Waals surface area contributed by atoms with Crippen LogP contribution in [0.1, 0.15) is 11.3 Å². The number of rotatable bonds is 4. The van der Waals surface area contributed by atoms with E-state index in [1.807, 2.05) is 24.3 Å². The molecule has 0 spiro atoms. The molecule has 0 radical (unpaired) electrons. The molecule has 0 unspecified atom stereocenters. The van der Waals surface area contributed by atoms with E-state index in [0.717, 1.165) is 28.9 Å². The highest BCUT2D eigenvalue weighted by Gasteiger charge is 2.25. The Bertz CT molecular complexity index is 952. The van der Waals surface area contributed by atoms with Crippen LogP contribution in [0, 0.1) is 0 Å². The number of carbonyl (C=O) groups excluding carboxylic acids is 1. The third kappa shape index (κ3) is 3.94. The van der Waals surface area contributed by atoms with Crippen LogP contribution in [0.4, 0.5) is 0 Å². The maximum absolute atomic E-state index is 12.6. The smallest absolute Gasteiger partial charge is 0.260 e. The summed E-state index contributed by atoms with van der Waals surface area (Å²) in [6.07, 6.45) is 0.739. The van der Waals surface area contributed by atoms with Crippen LogP contribution in [0.15, 0.2) is 48.5 Å².